The van der Waals surface area contributed by atoms with E-state index in [2.05, 4.69) is 20.0 Å². The van der Waals surface area contributed by atoms with Crippen molar-refractivity contribution in [3.05, 3.63) is 46.9 Å². The molecule has 4 rings (SSSR count). The minimum Gasteiger partial charge on any atom is -0.490 e. The standard InChI is InChI=1S/C21H24N4O6S/c1-12(2)19(20(26)22-13-4-6-15-16(10-13)24-21(27)23-15)25-32(28,29)14-5-7-17-18(11-14)31-9-3-8-30-17/h4-7,10-12,19,25H,3,8-9H2,1-2H3,(H,22,26)(H2,23,24,27). The molecule has 2 aromatic carbocycles. The Morgan fingerprint density at radius 3 is 2.47 bits per heavy atom. The Morgan fingerprint density at radius 2 is 1.72 bits per heavy atom. The predicted molar refractivity (Wildman–Crippen MR) is 119 cm³/mol. The number of ether oxygens (including phenoxy) is 2. The number of anilines is 1. The van der Waals surface area contributed by atoms with Crippen LogP contribution in [0.3, 0.4) is 0 Å². The largest absolute Gasteiger partial charge is 0.490 e. The number of sulfonamides is 1. The molecular weight excluding hydrogens is 436 g/mol. The fraction of sp³-hybridized carbons (Fsp3) is 0.333. The van der Waals surface area contributed by atoms with Crippen molar-refractivity contribution in [2.75, 3.05) is 18.5 Å². The normalized spacial score (nSPS) is 14.8. The maximum atomic E-state index is 13.0. The highest BCUT2D eigenvalue weighted by Crippen LogP contribution is 2.32. The second kappa shape index (κ2) is 8.67. The van der Waals surface area contributed by atoms with E-state index < -0.39 is 22.0 Å². The number of fused-ring (bicyclic) bond motifs is 2. The van der Waals surface area contributed by atoms with Crippen LogP contribution in [-0.2, 0) is 14.8 Å². The van der Waals surface area contributed by atoms with Crippen molar-refractivity contribution >= 4 is 32.7 Å². The van der Waals surface area contributed by atoms with E-state index >= 15 is 0 Å². The first-order valence-electron chi connectivity index (χ1n) is 10.2. The van der Waals surface area contributed by atoms with Gasteiger partial charge in [-0.25, -0.2) is 13.2 Å². The van der Waals surface area contributed by atoms with E-state index in [9.17, 15) is 18.0 Å². The molecule has 32 heavy (non-hydrogen) atoms. The molecule has 11 heteroatoms. The summed E-state index contributed by atoms with van der Waals surface area (Å²) >= 11 is 0. The van der Waals surface area contributed by atoms with Crippen LogP contribution in [0.2, 0.25) is 0 Å². The monoisotopic (exact) mass is 460 g/mol. The highest BCUT2D eigenvalue weighted by molar-refractivity contribution is 7.89. The summed E-state index contributed by atoms with van der Waals surface area (Å²) in [6, 6.07) is 8.20. The van der Waals surface area contributed by atoms with Crippen molar-refractivity contribution in [2.24, 2.45) is 5.92 Å². The predicted octanol–water partition coefficient (Wildman–Crippen LogP) is 1.96. The molecule has 2 heterocycles. The van der Waals surface area contributed by atoms with Crippen LogP contribution in [0.1, 0.15) is 20.3 Å². The van der Waals surface area contributed by atoms with Gasteiger partial charge in [0.15, 0.2) is 11.5 Å². The Balaban J connectivity index is 1.54. The van der Waals surface area contributed by atoms with Gasteiger partial charge in [-0.1, -0.05) is 13.8 Å². The first-order chi connectivity index (χ1) is 15.2. The molecule has 3 aromatic rings. The molecule has 1 aliphatic heterocycles. The lowest BCUT2D eigenvalue weighted by Gasteiger charge is -2.22. The fourth-order valence-electron chi connectivity index (χ4n) is 3.37. The van der Waals surface area contributed by atoms with Crippen molar-refractivity contribution in [1.82, 2.24) is 14.7 Å². The molecule has 0 bridgehead atoms. The summed E-state index contributed by atoms with van der Waals surface area (Å²) in [5.41, 5.74) is 1.20. The minimum absolute atomic E-state index is 0.0217. The first kappa shape index (κ1) is 21.9. The zero-order valence-electron chi connectivity index (χ0n) is 17.6. The number of aromatic nitrogens is 2. The molecule has 0 aliphatic carbocycles. The third kappa shape index (κ3) is 4.63. The number of imidazole rings is 1. The zero-order chi connectivity index (χ0) is 22.9. The van der Waals surface area contributed by atoms with E-state index in [1.807, 2.05) is 0 Å². The molecule has 4 N–H and O–H groups in total. The lowest BCUT2D eigenvalue weighted by Crippen LogP contribution is -2.47. The van der Waals surface area contributed by atoms with E-state index in [1.54, 1.807) is 38.1 Å². The third-order valence-corrected chi connectivity index (χ3v) is 6.48. The number of hydrogen-bond donors (Lipinski definition) is 4. The van der Waals surface area contributed by atoms with Gasteiger partial charge < -0.3 is 24.8 Å². The highest BCUT2D eigenvalue weighted by atomic mass is 32.2. The summed E-state index contributed by atoms with van der Waals surface area (Å²) in [4.78, 5) is 29.6. The Bertz CT molecular complexity index is 1310. The molecule has 1 aromatic heterocycles. The number of rotatable bonds is 6. The maximum Gasteiger partial charge on any atom is 0.323 e. The van der Waals surface area contributed by atoms with Crippen LogP contribution in [0.4, 0.5) is 5.69 Å². The van der Waals surface area contributed by atoms with E-state index in [4.69, 9.17) is 9.47 Å². The number of H-pyrrole nitrogens is 2. The van der Waals surface area contributed by atoms with Crippen molar-refractivity contribution in [2.45, 2.75) is 31.2 Å². The SMILES string of the molecule is CC(C)C(NS(=O)(=O)c1ccc2c(c1)OCCCO2)C(=O)Nc1ccc2[nH]c(=O)[nH]c2c1. The molecule has 1 unspecified atom stereocenters. The molecule has 1 amide bonds. The van der Waals surface area contributed by atoms with Crippen LogP contribution in [0.15, 0.2) is 46.1 Å². The second-order valence-electron chi connectivity index (χ2n) is 7.83. The molecule has 0 spiro atoms. The summed E-state index contributed by atoms with van der Waals surface area (Å²) in [7, 11) is -4.02. The van der Waals surface area contributed by atoms with Gasteiger partial charge in [-0.2, -0.15) is 4.72 Å². The van der Waals surface area contributed by atoms with E-state index in [0.29, 0.717) is 47.9 Å². The topological polar surface area (TPSA) is 142 Å². The maximum absolute atomic E-state index is 13.0. The molecule has 1 aliphatic rings. The molecule has 0 fully saturated rings. The smallest absolute Gasteiger partial charge is 0.323 e. The van der Waals surface area contributed by atoms with Gasteiger partial charge in [0.2, 0.25) is 15.9 Å². The third-order valence-electron chi connectivity index (χ3n) is 5.04. The molecular formula is C21H24N4O6S. The number of carbonyl (C=O) groups is 1. The summed E-state index contributed by atoms with van der Waals surface area (Å²) in [5.74, 6) is -0.0151. The highest BCUT2D eigenvalue weighted by Gasteiger charge is 2.29. The molecule has 0 saturated carbocycles. The Labute approximate surface area is 184 Å². The Morgan fingerprint density at radius 1 is 1.00 bits per heavy atom. The van der Waals surface area contributed by atoms with Crippen molar-refractivity contribution in [3.63, 3.8) is 0 Å². The van der Waals surface area contributed by atoms with Gasteiger partial charge in [-0.3, -0.25) is 4.79 Å². The van der Waals surface area contributed by atoms with Gasteiger partial charge >= 0.3 is 5.69 Å². The number of amides is 1. The summed E-state index contributed by atoms with van der Waals surface area (Å²) in [6.07, 6.45) is 0.701. The Kier molecular flexibility index (Phi) is 5.94. The van der Waals surface area contributed by atoms with Gasteiger partial charge in [0, 0.05) is 18.2 Å². The first-order valence-corrected chi connectivity index (χ1v) is 11.7. The average molecular weight is 461 g/mol. The van der Waals surface area contributed by atoms with Gasteiger partial charge in [-0.05, 0) is 36.2 Å². The number of aromatic amines is 2. The van der Waals surface area contributed by atoms with Crippen molar-refractivity contribution < 1.29 is 22.7 Å². The zero-order valence-corrected chi connectivity index (χ0v) is 18.4. The fourth-order valence-corrected chi connectivity index (χ4v) is 4.73. The Hall–Kier alpha value is -3.31. The molecule has 170 valence electrons. The van der Waals surface area contributed by atoms with E-state index in [1.165, 1.54) is 12.1 Å². The second-order valence-corrected chi connectivity index (χ2v) is 9.54. The minimum atomic E-state index is -4.02. The van der Waals surface area contributed by atoms with Gasteiger partial charge in [0.1, 0.15) is 6.04 Å². The van der Waals surface area contributed by atoms with Crippen LogP contribution in [0.25, 0.3) is 11.0 Å². The lowest BCUT2D eigenvalue weighted by atomic mass is 10.0. The molecule has 10 nitrogen and oxygen atoms in total. The molecule has 0 saturated heterocycles. The lowest BCUT2D eigenvalue weighted by molar-refractivity contribution is -0.118. The summed E-state index contributed by atoms with van der Waals surface area (Å²) in [5, 5.41) is 2.71. The number of hydrogen-bond acceptors (Lipinski definition) is 6. The number of carbonyl (C=O) groups excluding carboxylic acids is 1. The quantitative estimate of drug-likeness (QED) is 0.443. The van der Waals surface area contributed by atoms with Crippen LogP contribution < -0.4 is 25.2 Å². The molecule has 0 radical (unpaired) electrons. The number of nitrogens with one attached hydrogen (secondary N) is 4. The van der Waals surface area contributed by atoms with Gasteiger partial charge in [-0.15, -0.1) is 0 Å². The summed E-state index contributed by atoms with van der Waals surface area (Å²) < 4.78 is 39.7. The van der Waals surface area contributed by atoms with Gasteiger partial charge in [0.25, 0.3) is 0 Å². The summed E-state index contributed by atoms with van der Waals surface area (Å²) in [6.45, 7) is 4.41. The van der Waals surface area contributed by atoms with Gasteiger partial charge in [0.05, 0.1) is 29.1 Å². The van der Waals surface area contributed by atoms with Crippen molar-refractivity contribution in [3.8, 4) is 11.5 Å². The van der Waals surface area contributed by atoms with Crippen LogP contribution in [0.5, 0.6) is 11.5 Å². The van der Waals surface area contributed by atoms with Crippen LogP contribution >= 0.6 is 0 Å². The molecule has 1 atom stereocenters. The van der Waals surface area contributed by atoms with E-state index in [-0.39, 0.29) is 16.5 Å². The average Bonchev–Trinajstić information content (AvgIpc) is 2.95. The number of benzene rings is 2. The van der Waals surface area contributed by atoms with Crippen LogP contribution in [-0.4, -0.2) is 43.5 Å². The van der Waals surface area contributed by atoms with E-state index in [0.717, 1.165) is 0 Å². The van der Waals surface area contributed by atoms with Crippen LogP contribution in [0, 0.1) is 5.92 Å². The van der Waals surface area contributed by atoms with Crippen molar-refractivity contribution in [1.29, 1.82) is 0 Å².